The topological polar surface area (TPSA) is 86.6 Å². The van der Waals surface area contributed by atoms with Crippen molar-refractivity contribution in [3.8, 4) is 0 Å². The zero-order chi connectivity index (χ0) is 15.5. The van der Waals surface area contributed by atoms with E-state index in [1.54, 1.807) is 0 Å². The molecule has 120 valence electrons. The van der Waals surface area contributed by atoms with Crippen molar-refractivity contribution in [2.45, 2.75) is 63.9 Å². The number of rotatable bonds is 4. The lowest BCUT2D eigenvalue weighted by Gasteiger charge is -2.36. The van der Waals surface area contributed by atoms with Crippen LogP contribution in [0.2, 0.25) is 0 Å². The van der Waals surface area contributed by atoms with Crippen molar-refractivity contribution >= 4 is 11.9 Å². The van der Waals surface area contributed by atoms with E-state index in [0.717, 1.165) is 25.7 Å². The Bertz CT molecular complexity index is 388. The van der Waals surface area contributed by atoms with Crippen molar-refractivity contribution in [1.82, 2.24) is 5.32 Å². The van der Waals surface area contributed by atoms with E-state index in [2.05, 4.69) is 12.2 Å². The summed E-state index contributed by atoms with van der Waals surface area (Å²) in [5.74, 6) is -1.45. The molecule has 0 saturated heterocycles. The Labute approximate surface area is 126 Å². The summed E-state index contributed by atoms with van der Waals surface area (Å²) in [5, 5.41) is 22.5. The number of hydrogen-bond donors (Lipinski definition) is 3. The monoisotopic (exact) mass is 297 g/mol. The highest BCUT2D eigenvalue weighted by Gasteiger charge is 2.37. The van der Waals surface area contributed by atoms with Gasteiger partial charge in [0.2, 0.25) is 5.91 Å². The van der Waals surface area contributed by atoms with E-state index < -0.39 is 23.4 Å². The fourth-order valence-electron chi connectivity index (χ4n) is 3.60. The van der Waals surface area contributed by atoms with Crippen molar-refractivity contribution in [3.05, 3.63) is 0 Å². The van der Waals surface area contributed by atoms with Crippen LogP contribution in [0.4, 0.5) is 0 Å². The van der Waals surface area contributed by atoms with Gasteiger partial charge in [0.05, 0.1) is 17.4 Å². The molecule has 5 heteroatoms. The van der Waals surface area contributed by atoms with Gasteiger partial charge in [-0.05, 0) is 44.4 Å². The lowest BCUT2D eigenvalue weighted by atomic mass is 9.77. The van der Waals surface area contributed by atoms with Crippen molar-refractivity contribution in [2.75, 3.05) is 6.54 Å². The molecular weight excluding hydrogens is 270 g/mol. The van der Waals surface area contributed by atoms with Gasteiger partial charge in [-0.1, -0.05) is 19.8 Å². The Hall–Kier alpha value is -1.10. The minimum atomic E-state index is -0.875. The van der Waals surface area contributed by atoms with Gasteiger partial charge < -0.3 is 15.5 Å². The third-order valence-corrected chi connectivity index (χ3v) is 5.22. The Morgan fingerprint density at radius 1 is 1.10 bits per heavy atom. The first-order valence-corrected chi connectivity index (χ1v) is 8.14. The second kappa shape index (κ2) is 6.77. The first-order valence-electron chi connectivity index (χ1n) is 8.14. The smallest absolute Gasteiger partial charge is 0.307 e. The van der Waals surface area contributed by atoms with Gasteiger partial charge in [-0.15, -0.1) is 0 Å². The van der Waals surface area contributed by atoms with Gasteiger partial charge in [-0.25, -0.2) is 0 Å². The van der Waals surface area contributed by atoms with Gasteiger partial charge in [0, 0.05) is 6.54 Å². The van der Waals surface area contributed by atoms with Gasteiger partial charge in [0.25, 0.3) is 0 Å². The van der Waals surface area contributed by atoms with Crippen LogP contribution >= 0.6 is 0 Å². The third-order valence-electron chi connectivity index (χ3n) is 5.22. The maximum atomic E-state index is 12.3. The molecule has 0 aliphatic heterocycles. The predicted molar refractivity (Wildman–Crippen MR) is 78.7 cm³/mol. The van der Waals surface area contributed by atoms with Crippen LogP contribution in [0.3, 0.4) is 0 Å². The molecule has 2 saturated carbocycles. The molecule has 0 aromatic rings. The highest BCUT2D eigenvalue weighted by atomic mass is 16.4. The number of carbonyl (C=O) groups excluding carboxylic acids is 1. The Kier molecular flexibility index (Phi) is 5.25. The summed E-state index contributed by atoms with van der Waals surface area (Å²) < 4.78 is 0. The van der Waals surface area contributed by atoms with Gasteiger partial charge in [0.1, 0.15) is 0 Å². The molecule has 0 aromatic carbocycles. The summed E-state index contributed by atoms with van der Waals surface area (Å²) in [6.45, 7) is 2.43. The largest absolute Gasteiger partial charge is 0.481 e. The Morgan fingerprint density at radius 3 is 2.24 bits per heavy atom. The van der Waals surface area contributed by atoms with Crippen LogP contribution in [0.1, 0.15) is 58.3 Å². The quantitative estimate of drug-likeness (QED) is 0.740. The van der Waals surface area contributed by atoms with Crippen LogP contribution in [0.15, 0.2) is 0 Å². The lowest BCUT2D eigenvalue weighted by molar-refractivity contribution is -0.149. The molecule has 3 N–H and O–H groups in total. The predicted octanol–water partition coefficient (Wildman–Crippen LogP) is 1.93. The minimum Gasteiger partial charge on any atom is -0.481 e. The molecule has 2 rings (SSSR count). The highest BCUT2D eigenvalue weighted by molar-refractivity contribution is 5.84. The maximum absolute atomic E-state index is 12.3. The van der Waals surface area contributed by atoms with E-state index in [1.165, 1.54) is 0 Å². The summed E-state index contributed by atoms with van der Waals surface area (Å²) >= 11 is 0. The number of carboxylic acid groups (broad SMARTS) is 1. The van der Waals surface area contributed by atoms with Crippen molar-refractivity contribution in [3.63, 3.8) is 0 Å². The van der Waals surface area contributed by atoms with E-state index in [4.69, 9.17) is 0 Å². The van der Waals surface area contributed by atoms with Crippen molar-refractivity contribution < 1.29 is 19.8 Å². The molecule has 2 fully saturated rings. The number of aliphatic hydroxyl groups is 1. The Balaban J connectivity index is 1.87. The molecule has 0 aromatic heterocycles. The normalized spacial score (nSPS) is 37.0. The number of carboxylic acids is 1. The molecule has 5 nitrogen and oxygen atoms in total. The zero-order valence-electron chi connectivity index (χ0n) is 12.8. The van der Waals surface area contributed by atoms with Gasteiger partial charge in [0.15, 0.2) is 0 Å². The summed E-state index contributed by atoms with van der Waals surface area (Å²) in [6, 6.07) is 0. The number of amides is 1. The molecule has 2 aliphatic carbocycles. The van der Waals surface area contributed by atoms with Crippen LogP contribution in [0.5, 0.6) is 0 Å². The van der Waals surface area contributed by atoms with E-state index in [-0.39, 0.29) is 12.5 Å². The molecule has 21 heavy (non-hydrogen) atoms. The van der Waals surface area contributed by atoms with Gasteiger partial charge in [-0.2, -0.15) is 0 Å². The highest BCUT2D eigenvalue weighted by Crippen LogP contribution is 2.33. The third kappa shape index (κ3) is 4.19. The van der Waals surface area contributed by atoms with Crippen LogP contribution in [0, 0.1) is 17.8 Å². The van der Waals surface area contributed by atoms with Gasteiger partial charge >= 0.3 is 5.97 Å². The molecule has 0 radical (unpaired) electrons. The number of carbonyl (C=O) groups is 2. The fourth-order valence-corrected chi connectivity index (χ4v) is 3.60. The standard InChI is InChI=1S/C16H27NO4/c1-11-6-8-16(21,9-7-11)10-17-14(18)12-4-2-3-5-13(12)15(19)20/h11-13,21H,2-10H2,1H3,(H,17,18)(H,19,20)/t11?,12-,13+,16?/m1/s1. The van der Waals surface area contributed by atoms with Crippen molar-refractivity contribution in [1.29, 1.82) is 0 Å². The fraction of sp³-hybridized carbons (Fsp3) is 0.875. The molecule has 0 unspecified atom stereocenters. The van der Waals surface area contributed by atoms with E-state index >= 15 is 0 Å². The average Bonchev–Trinajstić information content (AvgIpc) is 2.48. The van der Waals surface area contributed by atoms with Crippen LogP contribution in [0.25, 0.3) is 0 Å². The first kappa shape index (κ1) is 16.3. The number of hydrogen-bond acceptors (Lipinski definition) is 3. The second-order valence-corrected chi connectivity index (χ2v) is 6.96. The average molecular weight is 297 g/mol. The molecule has 0 spiro atoms. The van der Waals surface area contributed by atoms with Crippen LogP contribution < -0.4 is 5.32 Å². The molecule has 1 amide bonds. The van der Waals surface area contributed by atoms with Crippen LogP contribution in [-0.2, 0) is 9.59 Å². The molecule has 2 atom stereocenters. The van der Waals surface area contributed by atoms with E-state index in [9.17, 15) is 19.8 Å². The summed E-state index contributed by atoms with van der Waals surface area (Å²) in [5.41, 5.74) is -0.810. The minimum absolute atomic E-state index is 0.200. The summed E-state index contributed by atoms with van der Waals surface area (Å²) in [7, 11) is 0. The van der Waals surface area contributed by atoms with E-state index in [0.29, 0.717) is 31.6 Å². The number of aliphatic carboxylic acids is 1. The molecular formula is C16H27NO4. The summed E-state index contributed by atoms with van der Waals surface area (Å²) in [6.07, 6.45) is 6.38. The van der Waals surface area contributed by atoms with Crippen LogP contribution in [-0.4, -0.2) is 34.2 Å². The van der Waals surface area contributed by atoms with Gasteiger partial charge in [-0.3, -0.25) is 9.59 Å². The lowest BCUT2D eigenvalue weighted by Crippen LogP contribution is -2.48. The second-order valence-electron chi connectivity index (χ2n) is 6.96. The SMILES string of the molecule is CC1CCC(O)(CNC(=O)[C@@H]2CCCC[C@@H]2C(=O)O)CC1. The molecule has 2 aliphatic rings. The number of nitrogens with one attached hydrogen (secondary N) is 1. The zero-order valence-corrected chi connectivity index (χ0v) is 12.8. The van der Waals surface area contributed by atoms with Crippen molar-refractivity contribution in [2.24, 2.45) is 17.8 Å². The first-order chi connectivity index (χ1) is 9.91. The molecule has 0 heterocycles. The maximum Gasteiger partial charge on any atom is 0.307 e. The molecule has 0 bridgehead atoms. The summed E-state index contributed by atoms with van der Waals surface area (Å²) in [4.78, 5) is 23.5. The Morgan fingerprint density at radius 2 is 1.67 bits per heavy atom. The van der Waals surface area contributed by atoms with E-state index in [1.807, 2.05) is 0 Å².